The number of amides is 1. The van der Waals surface area contributed by atoms with Gasteiger partial charge in [-0.25, -0.2) is 13.1 Å². The molecular formula is C31H35N3O5S2. The van der Waals surface area contributed by atoms with Crippen LogP contribution in [0.3, 0.4) is 0 Å². The Kier molecular flexibility index (Phi) is 7.91. The number of sulfonamides is 1. The molecule has 0 spiro atoms. The average molecular weight is 594 g/mol. The Morgan fingerprint density at radius 3 is 2.37 bits per heavy atom. The number of nitro groups is 1. The molecule has 2 bridgehead atoms. The molecule has 3 aromatic rings. The molecule has 0 heterocycles. The van der Waals surface area contributed by atoms with Gasteiger partial charge in [0, 0.05) is 28.8 Å². The first-order valence-corrected chi connectivity index (χ1v) is 16.3. The molecule has 2 saturated carbocycles. The van der Waals surface area contributed by atoms with Crippen LogP contribution in [0, 0.1) is 26.9 Å². The average Bonchev–Trinajstić information content (AvgIpc) is 3.29. The largest absolute Gasteiger partial charge is 0.379 e. The minimum absolute atomic E-state index is 0.196. The first-order chi connectivity index (χ1) is 19.4. The smallest absolute Gasteiger partial charge is 0.293 e. The summed E-state index contributed by atoms with van der Waals surface area (Å²) in [5.41, 5.74) is 1.67. The molecule has 2 fully saturated rings. The van der Waals surface area contributed by atoms with Crippen LogP contribution in [0.1, 0.15) is 61.9 Å². The third-order valence-electron chi connectivity index (χ3n) is 9.50. The van der Waals surface area contributed by atoms with E-state index < -0.39 is 20.9 Å². The van der Waals surface area contributed by atoms with Crippen molar-refractivity contribution in [3.63, 3.8) is 0 Å². The van der Waals surface area contributed by atoms with Gasteiger partial charge < -0.3 is 5.32 Å². The van der Waals surface area contributed by atoms with Gasteiger partial charge in [-0.1, -0.05) is 51.1 Å². The third kappa shape index (κ3) is 5.59. The summed E-state index contributed by atoms with van der Waals surface area (Å²) in [6.45, 7) is 7.52. The summed E-state index contributed by atoms with van der Waals surface area (Å²) in [6, 6.07) is 20.5. The van der Waals surface area contributed by atoms with Crippen LogP contribution in [0.4, 0.5) is 11.4 Å². The van der Waals surface area contributed by atoms with E-state index in [-0.39, 0.29) is 32.7 Å². The van der Waals surface area contributed by atoms with Crippen LogP contribution in [-0.2, 0) is 10.0 Å². The first kappa shape index (κ1) is 29.1. The van der Waals surface area contributed by atoms with Crippen LogP contribution in [0.2, 0.25) is 0 Å². The normalized spacial score (nSPS) is 22.8. The van der Waals surface area contributed by atoms with Crippen molar-refractivity contribution < 1.29 is 18.1 Å². The van der Waals surface area contributed by atoms with Crippen molar-refractivity contribution in [2.24, 2.45) is 16.7 Å². The Hall–Kier alpha value is -3.37. The van der Waals surface area contributed by atoms with E-state index in [1.165, 1.54) is 30.5 Å². The predicted octanol–water partition coefficient (Wildman–Crippen LogP) is 6.85. The Bertz CT molecular complexity index is 1560. The summed E-state index contributed by atoms with van der Waals surface area (Å²) in [4.78, 5) is 24.7. The minimum atomic E-state index is -4.34. The second kappa shape index (κ2) is 11.1. The highest BCUT2D eigenvalue weighted by atomic mass is 32.2. The molecule has 2 aliphatic carbocycles. The second-order valence-electron chi connectivity index (χ2n) is 11.7. The van der Waals surface area contributed by atoms with Crippen molar-refractivity contribution >= 4 is 39.1 Å². The molecule has 2 aliphatic rings. The maximum Gasteiger partial charge on any atom is 0.293 e. The van der Waals surface area contributed by atoms with Crippen LogP contribution < -0.4 is 10.0 Å². The summed E-state index contributed by atoms with van der Waals surface area (Å²) < 4.78 is 28.1. The van der Waals surface area contributed by atoms with Crippen molar-refractivity contribution in [3.8, 4) is 0 Å². The Morgan fingerprint density at radius 1 is 1.05 bits per heavy atom. The van der Waals surface area contributed by atoms with E-state index in [4.69, 9.17) is 0 Å². The number of hydrogen-bond donors (Lipinski definition) is 2. The number of rotatable bonds is 10. The molecule has 0 aromatic heterocycles. The minimum Gasteiger partial charge on any atom is -0.379 e. The van der Waals surface area contributed by atoms with Crippen molar-refractivity contribution in [2.45, 2.75) is 55.7 Å². The lowest BCUT2D eigenvalue weighted by atomic mass is 9.65. The monoisotopic (exact) mass is 593 g/mol. The maximum atomic E-state index is 13.0. The summed E-state index contributed by atoms with van der Waals surface area (Å²) in [5.74, 6) is 0.971. The zero-order chi connectivity index (χ0) is 29.4. The SMILES string of the molecule is CC1(C)C2CCC1(C)C(c1ccc(C(=O)NS(=O)(=O)c3ccc(NCCSc4ccccc4)c([N+](=O)[O-])c3)cc1)C2. The first-order valence-electron chi connectivity index (χ1n) is 13.8. The topological polar surface area (TPSA) is 118 Å². The van der Waals surface area contributed by atoms with Crippen LogP contribution in [-0.4, -0.2) is 31.5 Å². The highest BCUT2D eigenvalue weighted by molar-refractivity contribution is 7.99. The van der Waals surface area contributed by atoms with Crippen molar-refractivity contribution in [2.75, 3.05) is 17.6 Å². The Morgan fingerprint density at radius 2 is 1.76 bits per heavy atom. The standard InChI is InChI=1S/C31H35N3O5S2/c1-30(2)23-15-16-31(30,3)26(19-23)21-9-11-22(12-10-21)29(35)33-41(38,39)25-13-14-27(28(20-25)34(36)37)32-17-18-40-24-7-5-4-6-8-24/h4-14,20,23,26,32H,15-19H2,1-3H3,(H,33,35). The van der Waals surface area contributed by atoms with E-state index in [0.717, 1.165) is 17.4 Å². The number of nitrogens with zero attached hydrogens (tertiary/aromatic N) is 1. The van der Waals surface area contributed by atoms with Gasteiger partial charge in [-0.3, -0.25) is 14.9 Å². The van der Waals surface area contributed by atoms with Gasteiger partial charge in [0.05, 0.1) is 9.82 Å². The van der Waals surface area contributed by atoms with Crippen LogP contribution in [0.15, 0.2) is 82.6 Å². The maximum absolute atomic E-state index is 13.0. The van der Waals surface area contributed by atoms with Gasteiger partial charge in [0.25, 0.3) is 21.6 Å². The lowest BCUT2D eigenvalue weighted by Crippen LogP contribution is -2.31. The molecular weight excluding hydrogens is 558 g/mol. The fraction of sp³-hybridized carbons (Fsp3) is 0.387. The fourth-order valence-electron chi connectivity index (χ4n) is 6.66. The number of hydrogen-bond acceptors (Lipinski definition) is 7. The molecule has 0 saturated heterocycles. The molecule has 3 atom stereocenters. The molecule has 2 N–H and O–H groups in total. The van der Waals surface area contributed by atoms with E-state index in [9.17, 15) is 23.3 Å². The molecule has 10 heteroatoms. The molecule has 8 nitrogen and oxygen atoms in total. The number of carbonyl (C=O) groups is 1. The van der Waals surface area contributed by atoms with Gasteiger partial charge in [-0.15, -0.1) is 11.8 Å². The zero-order valence-corrected chi connectivity index (χ0v) is 25.1. The number of thioether (sulfide) groups is 1. The number of fused-ring (bicyclic) bond motifs is 2. The van der Waals surface area contributed by atoms with Gasteiger partial charge in [0.2, 0.25) is 0 Å². The van der Waals surface area contributed by atoms with Gasteiger partial charge in [0.15, 0.2) is 0 Å². The quantitative estimate of drug-likeness (QED) is 0.114. The lowest BCUT2D eigenvalue weighted by molar-refractivity contribution is -0.384. The van der Waals surface area contributed by atoms with E-state index in [1.54, 1.807) is 23.9 Å². The predicted molar refractivity (Wildman–Crippen MR) is 162 cm³/mol. The number of nitro benzene ring substituents is 1. The Labute approximate surface area is 245 Å². The van der Waals surface area contributed by atoms with Gasteiger partial charge >= 0.3 is 0 Å². The summed E-state index contributed by atoms with van der Waals surface area (Å²) in [6.07, 6.45) is 3.56. The molecule has 41 heavy (non-hydrogen) atoms. The lowest BCUT2D eigenvalue weighted by Gasteiger charge is -2.39. The highest BCUT2D eigenvalue weighted by Gasteiger charge is 2.61. The third-order valence-corrected chi connectivity index (χ3v) is 11.8. The number of carbonyl (C=O) groups excluding carboxylic acids is 1. The molecule has 0 aliphatic heterocycles. The van der Waals surface area contributed by atoms with Crippen molar-refractivity contribution in [1.82, 2.24) is 4.72 Å². The summed E-state index contributed by atoms with van der Waals surface area (Å²) in [5, 5.41) is 14.7. The van der Waals surface area contributed by atoms with E-state index in [2.05, 4.69) is 30.8 Å². The Balaban J connectivity index is 1.24. The van der Waals surface area contributed by atoms with Gasteiger partial charge in [-0.2, -0.15) is 0 Å². The van der Waals surface area contributed by atoms with E-state index in [1.807, 2.05) is 42.5 Å². The van der Waals surface area contributed by atoms with Crippen molar-refractivity contribution in [1.29, 1.82) is 0 Å². The number of anilines is 1. The molecule has 3 unspecified atom stereocenters. The zero-order valence-electron chi connectivity index (χ0n) is 23.4. The van der Waals surface area contributed by atoms with E-state index >= 15 is 0 Å². The van der Waals surface area contributed by atoms with Crippen molar-refractivity contribution in [3.05, 3.63) is 94.0 Å². The molecule has 1 amide bonds. The highest BCUT2D eigenvalue weighted by Crippen LogP contribution is 2.70. The van der Waals surface area contributed by atoms with Crippen LogP contribution in [0.5, 0.6) is 0 Å². The molecule has 0 radical (unpaired) electrons. The van der Waals surface area contributed by atoms with Gasteiger partial charge in [0.1, 0.15) is 5.69 Å². The number of benzene rings is 3. The molecule has 216 valence electrons. The molecule has 5 rings (SSSR count). The van der Waals surface area contributed by atoms with Gasteiger partial charge in [-0.05, 0) is 83.9 Å². The summed E-state index contributed by atoms with van der Waals surface area (Å²) >= 11 is 1.60. The number of nitrogens with one attached hydrogen (secondary N) is 2. The molecule has 3 aromatic carbocycles. The van der Waals surface area contributed by atoms with Crippen LogP contribution in [0.25, 0.3) is 0 Å². The fourth-order valence-corrected chi connectivity index (χ4v) is 8.45. The second-order valence-corrected chi connectivity index (χ2v) is 14.6. The summed E-state index contributed by atoms with van der Waals surface area (Å²) in [7, 11) is -4.34. The van der Waals surface area contributed by atoms with Crippen LogP contribution >= 0.6 is 11.8 Å². The van der Waals surface area contributed by atoms with E-state index in [0.29, 0.717) is 24.1 Å².